The van der Waals surface area contributed by atoms with Crippen LogP contribution in [0.2, 0.25) is 0 Å². The van der Waals surface area contributed by atoms with Gasteiger partial charge in [0.2, 0.25) is 17.7 Å². The lowest BCUT2D eigenvalue weighted by atomic mass is 9.99. The second-order valence-electron chi connectivity index (χ2n) is 8.01. The second kappa shape index (κ2) is 12.7. The van der Waals surface area contributed by atoms with Crippen molar-refractivity contribution in [3.8, 4) is 0 Å². The smallest absolute Gasteiger partial charge is 0.326 e. The molecule has 3 amide bonds. The Labute approximate surface area is 183 Å². The average molecular weight is 435 g/mol. The zero-order valence-corrected chi connectivity index (χ0v) is 18.6. The highest BCUT2D eigenvalue weighted by atomic mass is 16.4. The largest absolute Gasteiger partial charge is 0.480 e. The van der Waals surface area contributed by atoms with E-state index in [0.29, 0.717) is 12.8 Å². The highest BCUT2D eigenvalue weighted by Gasteiger charge is 2.28. The number of nitrogens with one attached hydrogen (secondary N) is 3. The second-order valence-corrected chi connectivity index (χ2v) is 8.01. The van der Waals surface area contributed by atoms with Gasteiger partial charge in [0, 0.05) is 0 Å². The van der Waals surface area contributed by atoms with Gasteiger partial charge in [-0.3, -0.25) is 14.4 Å². The molecule has 31 heavy (non-hydrogen) atoms. The molecule has 1 rings (SSSR count). The van der Waals surface area contributed by atoms with E-state index < -0.39 is 48.4 Å². The van der Waals surface area contributed by atoms with E-state index in [0.717, 1.165) is 5.56 Å². The van der Waals surface area contributed by atoms with Crippen LogP contribution in [0.4, 0.5) is 0 Å². The topological polar surface area (TPSA) is 151 Å². The molecule has 0 spiro atoms. The third-order valence-corrected chi connectivity index (χ3v) is 5.10. The molecule has 1 aromatic carbocycles. The molecule has 172 valence electrons. The van der Waals surface area contributed by atoms with Gasteiger partial charge >= 0.3 is 5.97 Å². The minimum absolute atomic E-state index is 0.247. The number of nitrogens with two attached hydrogens (primary N) is 1. The van der Waals surface area contributed by atoms with Crippen LogP contribution in [0.5, 0.6) is 0 Å². The summed E-state index contributed by atoms with van der Waals surface area (Å²) < 4.78 is 0. The first kappa shape index (κ1) is 26.1. The Morgan fingerprint density at radius 1 is 0.968 bits per heavy atom. The van der Waals surface area contributed by atoms with Crippen molar-refractivity contribution in [1.82, 2.24) is 16.0 Å². The lowest BCUT2D eigenvalue weighted by Crippen LogP contribution is -2.55. The molecule has 6 N–H and O–H groups in total. The van der Waals surface area contributed by atoms with Crippen LogP contribution in [0.15, 0.2) is 30.3 Å². The highest BCUT2D eigenvalue weighted by Crippen LogP contribution is 2.08. The summed E-state index contributed by atoms with van der Waals surface area (Å²) in [7, 11) is 0. The van der Waals surface area contributed by atoms with Crippen LogP contribution in [0, 0.1) is 11.8 Å². The number of aliphatic carboxylic acids is 1. The minimum atomic E-state index is -1.13. The molecular weight excluding hydrogens is 400 g/mol. The van der Waals surface area contributed by atoms with Crippen LogP contribution in [-0.4, -0.2) is 53.5 Å². The summed E-state index contributed by atoms with van der Waals surface area (Å²) in [4.78, 5) is 48.5. The number of benzene rings is 1. The average Bonchev–Trinajstić information content (AvgIpc) is 2.73. The number of hydrogen-bond acceptors (Lipinski definition) is 5. The van der Waals surface area contributed by atoms with Gasteiger partial charge < -0.3 is 26.8 Å². The Bertz CT molecular complexity index is 754. The van der Waals surface area contributed by atoms with Crippen molar-refractivity contribution in [1.29, 1.82) is 0 Å². The molecule has 0 bridgehead atoms. The van der Waals surface area contributed by atoms with Gasteiger partial charge in [-0.15, -0.1) is 0 Å². The lowest BCUT2D eigenvalue weighted by molar-refractivity contribution is -0.143. The lowest BCUT2D eigenvalue weighted by Gasteiger charge is -2.24. The first-order valence-electron chi connectivity index (χ1n) is 10.5. The van der Waals surface area contributed by atoms with Crippen molar-refractivity contribution in [2.45, 2.75) is 58.7 Å². The van der Waals surface area contributed by atoms with E-state index in [-0.39, 0.29) is 11.8 Å². The zero-order valence-electron chi connectivity index (χ0n) is 18.6. The molecule has 0 heterocycles. The van der Waals surface area contributed by atoms with Crippen LogP contribution in [0.1, 0.15) is 39.7 Å². The Hall–Kier alpha value is -2.94. The Morgan fingerprint density at radius 3 is 2.10 bits per heavy atom. The number of hydrogen-bond donors (Lipinski definition) is 5. The van der Waals surface area contributed by atoms with E-state index in [1.807, 2.05) is 37.3 Å². The number of amides is 3. The summed E-state index contributed by atoms with van der Waals surface area (Å²) in [5.74, 6) is -3.26. The van der Waals surface area contributed by atoms with Crippen molar-refractivity contribution in [3.63, 3.8) is 0 Å². The van der Waals surface area contributed by atoms with Gasteiger partial charge in [-0.1, -0.05) is 64.4 Å². The molecule has 0 saturated carbocycles. The van der Waals surface area contributed by atoms with Gasteiger partial charge in [-0.25, -0.2) is 4.79 Å². The van der Waals surface area contributed by atoms with E-state index in [1.165, 1.54) is 0 Å². The maximum absolute atomic E-state index is 12.6. The molecule has 9 nitrogen and oxygen atoms in total. The summed E-state index contributed by atoms with van der Waals surface area (Å²) >= 11 is 0. The highest BCUT2D eigenvalue weighted by molar-refractivity contribution is 5.92. The Kier molecular flexibility index (Phi) is 10.7. The van der Waals surface area contributed by atoms with Crippen molar-refractivity contribution in [2.24, 2.45) is 17.6 Å². The predicted octanol–water partition coefficient (Wildman–Crippen LogP) is 0.429. The maximum Gasteiger partial charge on any atom is 0.326 e. The van der Waals surface area contributed by atoms with Gasteiger partial charge in [0.15, 0.2) is 0 Å². The number of carboxylic acids is 1. The van der Waals surface area contributed by atoms with Crippen molar-refractivity contribution in [2.75, 3.05) is 6.54 Å². The van der Waals surface area contributed by atoms with Crippen molar-refractivity contribution in [3.05, 3.63) is 35.9 Å². The van der Waals surface area contributed by atoms with E-state index in [1.54, 1.807) is 20.8 Å². The molecule has 0 saturated heterocycles. The summed E-state index contributed by atoms with van der Waals surface area (Å²) in [5.41, 5.74) is 6.89. The monoisotopic (exact) mass is 434 g/mol. The fourth-order valence-electron chi connectivity index (χ4n) is 2.94. The first-order valence-corrected chi connectivity index (χ1v) is 10.5. The van der Waals surface area contributed by atoms with Crippen LogP contribution in [0.25, 0.3) is 0 Å². The number of carboxylic acid groups (broad SMARTS) is 1. The Balaban J connectivity index is 2.63. The fraction of sp³-hybridized carbons (Fsp3) is 0.545. The van der Waals surface area contributed by atoms with E-state index in [2.05, 4.69) is 16.0 Å². The normalized spacial score (nSPS) is 14.8. The molecule has 0 aromatic heterocycles. The van der Waals surface area contributed by atoms with E-state index in [4.69, 9.17) is 5.73 Å². The third-order valence-electron chi connectivity index (χ3n) is 5.10. The summed E-state index contributed by atoms with van der Waals surface area (Å²) in [6.45, 7) is 6.68. The summed E-state index contributed by atoms with van der Waals surface area (Å²) in [6, 6.07) is 6.55. The maximum atomic E-state index is 12.6. The fourth-order valence-corrected chi connectivity index (χ4v) is 2.94. The van der Waals surface area contributed by atoms with Gasteiger partial charge in [-0.2, -0.15) is 0 Å². The molecule has 0 radical (unpaired) electrons. The van der Waals surface area contributed by atoms with Crippen LogP contribution >= 0.6 is 0 Å². The van der Waals surface area contributed by atoms with Crippen molar-refractivity contribution < 1.29 is 24.3 Å². The van der Waals surface area contributed by atoms with Gasteiger partial charge in [0.05, 0.1) is 12.6 Å². The first-order chi connectivity index (χ1) is 14.6. The number of carbonyl (C=O) groups is 4. The zero-order chi connectivity index (χ0) is 23.6. The van der Waals surface area contributed by atoms with Gasteiger partial charge in [0.1, 0.15) is 12.1 Å². The SMILES string of the molecule is CCC(C)C(NC(=O)CNC(=O)C(NC(=O)C(N)Cc1ccccc1)C(C)C)C(=O)O. The molecule has 4 atom stereocenters. The van der Waals surface area contributed by atoms with Crippen LogP contribution in [-0.2, 0) is 25.6 Å². The molecule has 4 unspecified atom stereocenters. The van der Waals surface area contributed by atoms with Crippen LogP contribution < -0.4 is 21.7 Å². The molecule has 1 aromatic rings. The summed E-state index contributed by atoms with van der Waals surface area (Å²) in [5, 5.41) is 16.8. The molecule has 9 heteroatoms. The molecule has 0 aliphatic heterocycles. The van der Waals surface area contributed by atoms with Gasteiger partial charge in [0.25, 0.3) is 0 Å². The van der Waals surface area contributed by atoms with Crippen molar-refractivity contribution >= 4 is 23.7 Å². The number of rotatable bonds is 12. The Morgan fingerprint density at radius 2 is 1.58 bits per heavy atom. The van der Waals surface area contributed by atoms with Crippen LogP contribution in [0.3, 0.4) is 0 Å². The van der Waals surface area contributed by atoms with Gasteiger partial charge in [-0.05, 0) is 23.8 Å². The summed E-state index contributed by atoms with van der Waals surface area (Å²) in [6.07, 6.45) is 0.905. The van der Waals surface area contributed by atoms with E-state index >= 15 is 0 Å². The molecular formula is C22H34N4O5. The minimum Gasteiger partial charge on any atom is -0.480 e. The molecule has 0 aliphatic rings. The standard InChI is InChI=1S/C22H34N4O5/c1-5-14(4)19(22(30)31)25-17(27)12-24-21(29)18(13(2)3)26-20(28)16(23)11-15-9-7-6-8-10-15/h6-10,13-14,16,18-19H,5,11-12,23H2,1-4H3,(H,24,29)(H,25,27)(H,26,28)(H,30,31). The molecule has 0 fully saturated rings. The quantitative estimate of drug-likeness (QED) is 0.322. The third kappa shape index (κ3) is 8.75. The van der Waals surface area contributed by atoms with E-state index in [9.17, 15) is 24.3 Å². The predicted molar refractivity (Wildman–Crippen MR) is 117 cm³/mol. The molecule has 0 aliphatic carbocycles. The number of carbonyl (C=O) groups excluding carboxylic acids is 3.